The average molecular weight is 321 g/mol. The number of rotatable bonds is 6. The summed E-state index contributed by atoms with van der Waals surface area (Å²) in [6, 6.07) is 0. The average Bonchev–Trinajstić information content (AvgIpc) is 2.77. The molecule has 0 spiro atoms. The van der Waals surface area contributed by atoms with Gasteiger partial charge in [0.05, 0.1) is 0 Å². The molecule has 0 aromatic heterocycles. The van der Waals surface area contributed by atoms with Crippen LogP contribution in [0.15, 0.2) is 15.6 Å². The van der Waals surface area contributed by atoms with E-state index >= 15 is 0 Å². The molecular weight excluding hydrogens is 304 g/mol. The molecule has 112 valence electrons. The van der Waals surface area contributed by atoms with Crippen LogP contribution < -0.4 is 0 Å². The Hall–Kier alpha value is -1.05. The Balaban J connectivity index is 0.00000200. The quantitative estimate of drug-likeness (QED) is 0.747. The van der Waals surface area contributed by atoms with Gasteiger partial charge in [0.15, 0.2) is 5.17 Å². The lowest BCUT2D eigenvalue weighted by molar-refractivity contribution is -0.132. The summed E-state index contributed by atoms with van der Waals surface area (Å²) in [6.45, 7) is 3.70. The van der Waals surface area contributed by atoms with Gasteiger partial charge in [0.2, 0.25) is 0 Å². The van der Waals surface area contributed by atoms with Crippen LogP contribution >= 0.6 is 24.2 Å². The summed E-state index contributed by atoms with van der Waals surface area (Å²) in [5, 5.41) is 9.98. The fraction of sp³-hybridized carbons (Fsp3) is 0.583. The second-order valence-corrected chi connectivity index (χ2v) is 5.16. The smallest absolute Gasteiger partial charge is 0.344 e. The molecule has 2 aliphatic rings. The number of aldehydes is 1. The first-order valence-corrected chi connectivity index (χ1v) is 7.02. The predicted octanol–water partition coefficient (Wildman–Crippen LogP) is 1.51. The van der Waals surface area contributed by atoms with Crippen molar-refractivity contribution in [2.75, 3.05) is 19.7 Å². The van der Waals surface area contributed by atoms with Crippen molar-refractivity contribution in [2.45, 2.75) is 25.9 Å². The van der Waals surface area contributed by atoms with Gasteiger partial charge in [-0.25, -0.2) is 4.79 Å². The number of ether oxygens (including phenoxy) is 1. The molecule has 0 radical (unpaired) electrons. The molecule has 1 N–H and O–H groups in total. The second kappa shape index (κ2) is 7.66. The highest BCUT2D eigenvalue weighted by molar-refractivity contribution is 8.18. The maximum Gasteiger partial charge on any atom is 0.344 e. The van der Waals surface area contributed by atoms with E-state index in [4.69, 9.17) is 4.74 Å². The van der Waals surface area contributed by atoms with E-state index in [1.165, 1.54) is 11.8 Å². The van der Waals surface area contributed by atoms with E-state index in [1.54, 1.807) is 6.92 Å². The first-order valence-electron chi connectivity index (χ1n) is 6.20. The first-order chi connectivity index (χ1) is 9.17. The molecule has 0 bridgehead atoms. The topological polar surface area (TPSA) is 79.2 Å². The van der Waals surface area contributed by atoms with Crippen molar-refractivity contribution in [3.63, 3.8) is 0 Å². The number of nitrogens with zero attached hydrogens (tertiary/aromatic N) is 2. The Bertz CT molecular complexity index is 453. The number of amidine groups is 1. The van der Waals surface area contributed by atoms with Gasteiger partial charge in [-0.1, -0.05) is 0 Å². The number of carbonyl (C=O) groups excluding carboxylic acids is 1. The molecule has 0 aromatic carbocycles. The molecule has 6 nitrogen and oxygen atoms in total. The molecule has 1 atom stereocenters. The molecule has 0 aliphatic carbocycles. The van der Waals surface area contributed by atoms with E-state index in [1.807, 2.05) is 4.90 Å². The van der Waals surface area contributed by atoms with Gasteiger partial charge in [0, 0.05) is 31.8 Å². The summed E-state index contributed by atoms with van der Waals surface area (Å²) in [4.78, 5) is 28.7. The number of carbonyl (C=O) groups is 2. The third kappa shape index (κ3) is 3.53. The molecule has 8 heteroatoms. The molecule has 2 heterocycles. The van der Waals surface area contributed by atoms with Gasteiger partial charge in [-0.3, -0.25) is 4.99 Å². The number of fused-ring (bicyclic) bond motifs is 1. The Morgan fingerprint density at radius 2 is 2.40 bits per heavy atom. The van der Waals surface area contributed by atoms with Crippen LogP contribution in [-0.2, 0) is 14.3 Å². The van der Waals surface area contributed by atoms with Gasteiger partial charge < -0.3 is 19.5 Å². The lowest BCUT2D eigenvalue weighted by atomic mass is 10.1. The molecule has 2 aliphatic heterocycles. The molecule has 0 saturated heterocycles. The summed E-state index contributed by atoms with van der Waals surface area (Å²) >= 11 is 1.17. The normalized spacial score (nSPS) is 19.1. The standard InChI is InChI=1S/C12H16N2O4S.ClH/c1-2-18-8(7-15)6-9-10(11(16)17)19-12-13-4-3-5-14(9)12;/h7-8H,2-6H2,1H3,(H,16,17);1H. The Kier molecular flexibility index (Phi) is 6.51. The molecule has 0 saturated carbocycles. The summed E-state index contributed by atoms with van der Waals surface area (Å²) in [7, 11) is 0. The van der Waals surface area contributed by atoms with E-state index in [9.17, 15) is 14.7 Å². The minimum atomic E-state index is -0.974. The van der Waals surface area contributed by atoms with Crippen LogP contribution in [0.4, 0.5) is 0 Å². The van der Waals surface area contributed by atoms with Crippen molar-refractivity contribution in [3.8, 4) is 0 Å². The summed E-state index contributed by atoms with van der Waals surface area (Å²) in [6.07, 6.45) is 1.29. The Morgan fingerprint density at radius 1 is 1.65 bits per heavy atom. The van der Waals surface area contributed by atoms with Crippen molar-refractivity contribution in [1.82, 2.24) is 4.90 Å². The zero-order chi connectivity index (χ0) is 13.8. The van der Waals surface area contributed by atoms with E-state index in [2.05, 4.69) is 4.99 Å². The van der Waals surface area contributed by atoms with Gasteiger partial charge >= 0.3 is 5.97 Å². The number of carboxylic acids is 1. The third-order valence-corrected chi connectivity index (χ3v) is 4.07. The fourth-order valence-corrected chi connectivity index (χ4v) is 3.16. The Morgan fingerprint density at radius 3 is 3.00 bits per heavy atom. The molecule has 0 aromatic rings. The number of carboxylic acid groups (broad SMARTS) is 1. The van der Waals surface area contributed by atoms with Crippen molar-refractivity contribution < 1.29 is 19.4 Å². The van der Waals surface area contributed by atoms with Gasteiger partial charge in [-0.05, 0) is 25.1 Å². The highest BCUT2D eigenvalue weighted by Crippen LogP contribution is 2.38. The van der Waals surface area contributed by atoms with E-state index in [0.29, 0.717) is 12.3 Å². The lowest BCUT2D eigenvalue weighted by Gasteiger charge is -2.26. The molecule has 1 unspecified atom stereocenters. The molecular formula is C12H17ClN2O4S. The number of halogens is 1. The van der Waals surface area contributed by atoms with Crippen LogP contribution in [0.5, 0.6) is 0 Å². The number of aliphatic carboxylic acids is 1. The van der Waals surface area contributed by atoms with Crippen LogP contribution in [0.25, 0.3) is 0 Å². The van der Waals surface area contributed by atoms with Crippen molar-refractivity contribution in [1.29, 1.82) is 0 Å². The monoisotopic (exact) mass is 320 g/mol. The van der Waals surface area contributed by atoms with E-state index < -0.39 is 12.1 Å². The predicted molar refractivity (Wildman–Crippen MR) is 79.2 cm³/mol. The van der Waals surface area contributed by atoms with E-state index in [0.717, 1.165) is 31.0 Å². The summed E-state index contributed by atoms with van der Waals surface area (Å²) < 4.78 is 5.29. The van der Waals surface area contributed by atoms with Crippen LogP contribution in [-0.4, -0.2) is 53.2 Å². The van der Waals surface area contributed by atoms with Gasteiger partial charge in [-0.2, -0.15) is 0 Å². The van der Waals surface area contributed by atoms with Crippen LogP contribution in [0, 0.1) is 0 Å². The van der Waals surface area contributed by atoms with Crippen molar-refractivity contribution in [3.05, 3.63) is 10.6 Å². The maximum atomic E-state index is 11.3. The SMILES string of the molecule is CCOC(C=O)CC1=C(C(=O)O)SC2=NCCCN21.Cl. The minimum Gasteiger partial charge on any atom is -0.477 e. The zero-order valence-electron chi connectivity index (χ0n) is 11.1. The van der Waals surface area contributed by atoms with Crippen LogP contribution in [0.3, 0.4) is 0 Å². The van der Waals surface area contributed by atoms with Crippen molar-refractivity contribution in [2.24, 2.45) is 4.99 Å². The fourth-order valence-electron chi connectivity index (χ4n) is 2.12. The molecule has 2 rings (SSSR count). The van der Waals surface area contributed by atoms with Crippen molar-refractivity contribution >= 4 is 41.6 Å². The minimum absolute atomic E-state index is 0. The third-order valence-electron chi connectivity index (χ3n) is 2.92. The van der Waals surface area contributed by atoms with Gasteiger partial charge in [-0.15, -0.1) is 12.4 Å². The largest absolute Gasteiger partial charge is 0.477 e. The lowest BCUT2D eigenvalue weighted by Crippen LogP contribution is -2.32. The molecule has 20 heavy (non-hydrogen) atoms. The Labute approximate surface area is 127 Å². The highest BCUT2D eigenvalue weighted by Gasteiger charge is 2.35. The number of aliphatic imine (C=N–C) groups is 1. The molecule has 0 fully saturated rings. The van der Waals surface area contributed by atoms with Gasteiger partial charge in [0.25, 0.3) is 0 Å². The maximum absolute atomic E-state index is 11.3. The summed E-state index contributed by atoms with van der Waals surface area (Å²) in [5.74, 6) is -0.974. The first kappa shape index (κ1) is 17.0. The molecule has 0 amide bonds. The van der Waals surface area contributed by atoms with Crippen LogP contribution in [0.2, 0.25) is 0 Å². The second-order valence-electron chi connectivity index (χ2n) is 4.19. The number of hydrogen-bond acceptors (Lipinski definition) is 6. The zero-order valence-corrected chi connectivity index (χ0v) is 12.7. The van der Waals surface area contributed by atoms with E-state index in [-0.39, 0.29) is 23.7 Å². The van der Waals surface area contributed by atoms with Gasteiger partial charge in [0.1, 0.15) is 17.3 Å². The number of hydrogen-bond donors (Lipinski definition) is 1. The highest BCUT2D eigenvalue weighted by atomic mass is 35.5. The summed E-state index contributed by atoms with van der Waals surface area (Å²) in [5.41, 5.74) is 0.640. The van der Waals surface area contributed by atoms with Crippen LogP contribution in [0.1, 0.15) is 19.8 Å². The number of thioether (sulfide) groups is 1.